The molecule has 2 aromatic heterocycles. The summed E-state index contributed by atoms with van der Waals surface area (Å²) in [5.74, 6) is 6.50. The Kier molecular flexibility index (Phi) is 4.53. The molecule has 2 heterocycles. The Bertz CT molecular complexity index is 1080. The number of para-hydroxylation sites is 2. The molecule has 0 saturated heterocycles. The van der Waals surface area contributed by atoms with Crippen LogP contribution in [0.3, 0.4) is 0 Å². The van der Waals surface area contributed by atoms with Gasteiger partial charge in [0.1, 0.15) is 0 Å². The zero-order chi connectivity index (χ0) is 17.9. The largest absolute Gasteiger partial charge is 0.419 e. The summed E-state index contributed by atoms with van der Waals surface area (Å²) in [7, 11) is 0. The summed E-state index contributed by atoms with van der Waals surface area (Å²) in [5, 5.41) is 0.758. The lowest BCUT2D eigenvalue weighted by molar-refractivity contribution is 0.503. The van der Waals surface area contributed by atoms with Crippen LogP contribution in [-0.4, -0.2) is 20.0 Å². The Morgan fingerprint density at radius 3 is 2.69 bits per heavy atom. The molecule has 0 aliphatic heterocycles. The number of imidazole rings is 1. The van der Waals surface area contributed by atoms with Gasteiger partial charge in [0.15, 0.2) is 10.7 Å². The normalized spacial score (nSPS) is 11.2. The highest BCUT2D eigenvalue weighted by molar-refractivity contribution is 7.99. The van der Waals surface area contributed by atoms with E-state index in [2.05, 4.69) is 4.98 Å². The van der Waals surface area contributed by atoms with Crippen LogP contribution >= 0.6 is 11.8 Å². The zero-order valence-electron chi connectivity index (χ0n) is 14.0. The summed E-state index contributed by atoms with van der Waals surface area (Å²) in [4.78, 5) is 16.6. The predicted molar refractivity (Wildman–Crippen MR) is 104 cm³/mol. The van der Waals surface area contributed by atoms with Crippen LogP contribution in [0.1, 0.15) is 6.42 Å². The Morgan fingerprint density at radius 2 is 1.85 bits per heavy atom. The van der Waals surface area contributed by atoms with Crippen molar-refractivity contribution in [1.82, 2.24) is 14.2 Å². The standard InChI is InChI=1S/C19H18N4O2S/c20-23-13-15(14-7-2-1-3-8-14)21-18(23)26-12-6-11-22-16-9-4-5-10-17(16)25-19(22)24/h1-5,7-10,13H,6,11-12,20H2. The lowest BCUT2D eigenvalue weighted by Gasteiger charge is -2.03. The molecule has 0 amide bonds. The smallest absolute Gasteiger partial charge is 0.408 e. The van der Waals surface area contributed by atoms with Crippen LogP contribution in [0.2, 0.25) is 0 Å². The van der Waals surface area contributed by atoms with Gasteiger partial charge in [-0.1, -0.05) is 54.2 Å². The van der Waals surface area contributed by atoms with Gasteiger partial charge < -0.3 is 10.3 Å². The van der Waals surface area contributed by atoms with Gasteiger partial charge in [0.25, 0.3) is 0 Å². The number of nitrogen functional groups attached to an aromatic ring is 1. The molecule has 4 aromatic rings. The summed E-state index contributed by atoms with van der Waals surface area (Å²) in [6.07, 6.45) is 2.63. The maximum absolute atomic E-state index is 12.0. The van der Waals surface area contributed by atoms with E-state index < -0.39 is 0 Å². The minimum atomic E-state index is -0.317. The molecule has 0 spiro atoms. The molecule has 0 fully saturated rings. The van der Waals surface area contributed by atoms with Crippen LogP contribution in [0.4, 0.5) is 0 Å². The number of nitrogens with two attached hydrogens (primary N) is 1. The number of benzene rings is 2. The number of aryl methyl sites for hydroxylation is 1. The molecule has 0 atom stereocenters. The summed E-state index contributed by atoms with van der Waals surface area (Å²) in [6, 6.07) is 17.4. The first-order valence-electron chi connectivity index (χ1n) is 8.33. The Labute approximate surface area is 154 Å². The number of hydrogen-bond donors (Lipinski definition) is 1. The number of nitrogens with zero attached hydrogens (tertiary/aromatic N) is 3. The van der Waals surface area contributed by atoms with Crippen LogP contribution in [0.25, 0.3) is 22.4 Å². The molecule has 132 valence electrons. The van der Waals surface area contributed by atoms with Crippen LogP contribution < -0.4 is 11.6 Å². The van der Waals surface area contributed by atoms with E-state index in [0.29, 0.717) is 12.1 Å². The summed E-state index contributed by atoms with van der Waals surface area (Å²) < 4.78 is 8.46. The van der Waals surface area contributed by atoms with Crippen LogP contribution in [0, 0.1) is 0 Å². The predicted octanol–water partition coefficient (Wildman–Crippen LogP) is 3.35. The second kappa shape index (κ2) is 7.13. The van der Waals surface area contributed by atoms with Crippen molar-refractivity contribution in [2.75, 3.05) is 11.6 Å². The second-order valence-electron chi connectivity index (χ2n) is 5.87. The third kappa shape index (κ3) is 3.25. The molecule has 7 heteroatoms. The minimum absolute atomic E-state index is 0.317. The molecule has 2 N–H and O–H groups in total. The molecule has 4 rings (SSSR count). The van der Waals surface area contributed by atoms with E-state index in [-0.39, 0.29) is 5.76 Å². The lowest BCUT2D eigenvalue weighted by atomic mass is 10.2. The van der Waals surface area contributed by atoms with Gasteiger partial charge in [-0.25, -0.2) is 14.5 Å². The molecule has 2 aromatic carbocycles. The number of rotatable bonds is 6. The van der Waals surface area contributed by atoms with Crippen molar-refractivity contribution in [2.24, 2.45) is 0 Å². The van der Waals surface area contributed by atoms with Crippen molar-refractivity contribution >= 4 is 22.9 Å². The van der Waals surface area contributed by atoms with E-state index in [0.717, 1.165) is 34.1 Å². The van der Waals surface area contributed by atoms with E-state index in [1.165, 1.54) is 0 Å². The number of oxazole rings is 1. The zero-order valence-corrected chi connectivity index (χ0v) is 14.9. The van der Waals surface area contributed by atoms with Crippen molar-refractivity contribution in [3.63, 3.8) is 0 Å². The fraction of sp³-hybridized carbons (Fsp3) is 0.158. The number of fused-ring (bicyclic) bond motifs is 1. The van der Waals surface area contributed by atoms with Crippen LogP contribution in [0.15, 0.2) is 75.2 Å². The summed E-state index contributed by atoms with van der Waals surface area (Å²) in [5.41, 5.74) is 3.34. The summed E-state index contributed by atoms with van der Waals surface area (Å²) in [6.45, 7) is 0.597. The van der Waals surface area contributed by atoms with Gasteiger partial charge in [-0.15, -0.1) is 0 Å². The molecular weight excluding hydrogens is 348 g/mol. The van der Waals surface area contributed by atoms with E-state index in [4.69, 9.17) is 10.3 Å². The van der Waals surface area contributed by atoms with Crippen molar-refractivity contribution in [2.45, 2.75) is 18.1 Å². The van der Waals surface area contributed by atoms with Gasteiger partial charge in [0, 0.05) is 17.9 Å². The van der Waals surface area contributed by atoms with Gasteiger partial charge in [0.2, 0.25) is 0 Å². The molecule has 0 saturated carbocycles. The average molecular weight is 366 g/mol. The molecule has 0 unspecified atom stereocenters. The van der Waals surface area contributed by atoms with E-state index in [1.54, 1.807) is 27.1 Å². The molecule has 26 heavy (non-hydrogen) atoms. The van der Waals surface area contributed by atoms with Crippen LogP contribution in [0.5, 0.6) is 0 Å². The third-order valence-electron chi connectivity index (χ3n) is 4.10. The highest BCUT2D eigenvalue weighted by Gasteiger charge is 2.10. The minimum Gasteiger partial charge on any atom is -0.408 e. The molecule has 0 aliphatic carbocycles. The molecule has 0 bridgehead atoms. The Hall–Kier alpha value is -2.93. The Morgan fingerprint density at radius 1 is 1.08 bits per heavy atom. The van der Waals surface area contributed by atoms with Crippen LogP contribution in [-0.2, 0) is 6.54 Å². The molecule has 0 aliphatic rings. The molecule has 6 nitrogen and oxygen atoms in total. The lowest BCUT2D eigenvalue weighted by Crippen LogP contribution is -2.14. The van der Waals surface area contributed by atoms with Gasteiger partial charge in [-0.3, -0.25) is 4.57 Å². The second-order valence-corrected chi connectivity index (χ2v) is 6.93. The van der Waals surface area contributed by atoms with E-state index in [9.17, 15) is 4.79 Å². The quantitative estimate of drug-likeness (QED) is 0.322. The third-order valence-corrected chi connectivity index (χ3v) is 5.15. The topological polar surface area (TPSA) is 79.0 Å². The van der Waals surface area contributed by atoms with Gasteiger partial charge in [-0.05, 0) is 18.6 Å². The highest BCUT2D eigenvalue weighted by Crippen LogP contribution is 2.23. The van der Waals surface area contributed by atoms with Crippen molar-refractivity contribution in [3.8, 4) is 11.3 Å². The Balaban J connectivity index is 1.40. The van der Waals surface area contributed by atoms with E-state index in [1.807, 2.05) is 54.7 Å². The molecular formula is C19H18N4O2S. The van der Waals surface area contributed by atoms with Crippen molar-refractivity contribution < 1.29 is 4.42 Å². The first kappa shape index (κ1) is 16.5. The highest BCUT2D eigenvalue weighted by atomic mass is 32.2. The summed E-state index contributed by atoms with van der Waals surface area (Å²) >= 11 is 1.58. The molecule has 0 radical (unpaired) electrons. The van der Waals surface area contributed by atoms with Crippen molar-refractivity contribution in [1.29, 1.82) is 0 Å². The number of thioether (sulfide) groups is 1. The monoisotopic (exact) mass is 366 g/mol. The SMILES string of the molecule is Nn1cc(-c2ccccc2)nc1SCCCn1c(=O)oc2ccccc21. The first-order chi connectivity index (χ1) is 12.7. The van der Waals surface area contributed by atoms with Crippen molar-refractivity contribution in [3.05, 3.63) is 71.3 Å². The van der Waals surface area contributed by atoms with E-state index >= 15 is 0 Å². The first-order valence-corrected chi connectivity index (χ1v) is 9.32. The average Bonchev–Trinajstić information content (AvgIpc) is 3.19. The maximum atomic E-state index is 12.0. The number of hydrogen-bond acceptors (Lipinski definition) is 5. The van der Waals surface area contributed by atoms with Gasteiger partial charge in [0.05, 0.1) is 17.4 Å². The fourth-order valence-corrected chi connectivity index (χ4v) is 3.66. The van der Waals surface area contributed by atoms with Gasteiger partial charge in [-0.2, -0.15) is 0 Å². The fourth-order valence-electron chi connectivity index (χ4n) is 2.84. The number of aromatic nitrogens is 3. The van der Waals surface area contributed by atoms with Gasteiger partial charge >= 0.3 is 5.76 Å². The maximum Gasteiger partial charge on any atom is 0.419 e.